The van der Waals surface area contributed by atoms with E-state index in [1.165, 1.54) is 111 Å². The van der Waals surface area contributed by atoms with Crippen LogP contribution in [0.1, 0.15) is 57.3 Å². The second-order valence-corrected chi connectivity index (χ2v) is 16.3. The first-order valence-corrected chi connectivity index (χ1v) is 20.2. The number of benzene rings is 7. The molecule has 0 N–H and O–H groups in total. The Morgan fingerprint density at radius 2 is 1.27 bits per heavy atom. The summed E-state index contributed by atoms with van der Waals surface area (Å²) >= 11 is 0. The number of fused-ring (bicyclic) bond motifs is 4. The van der Waals surface area contributed by atoms with Gasteiger partial charge >= 0.3 is 0 Å². The smallest absolute Gasteiger partial charge is 0.198 e. The van der Waals surface area contributed by atoms with Gasteiger partial charge in [0.25, 0.3) is 0 Å². The number of hydrogen-bond donors (Lipinski definition) is 0. The van der Waals surface area contributed by atoms with Crippen LogP contribution < -0.4 is 15.8 Å². The van der Waals surface area contributed by atoms with E-state index in [0.29, 0.717) is 0 Å². The third kappa shape index (κ3) is 5.16. The first-order chi connectivity index (χ1) is 27.3. The van der Waals surface area contributed by atoms with Crippen LogP contribution in [0.25, 0.3) is 33.4 Å². The van der Waals surface area contributed by atoms with Gasteiger partial charge in [-0.1, -0.05) is 156 Å². The van der Waals surface area contributed by atoms with Gasteiger partial charge in [0.2, 0.25) is 0 Å². The SMILES string of the molecule is Cc1ccc(C)c(-c2cc(C)cc(-c3cc(-c4ccccc4C)cc4c3Bc3cccc5c3N4c3ccccc3C5(C3=CC=CCC3)c3ccccc3)c2C)c1. The van der Waals surface area contributed by atoms with Gasteiger partial charge in [0.1, 0.15) is 0 Å². The number of anilines is 3. The lowest BCUT2D eigenvalue weighted by Gasteiger charge is -2.50. The Bertz CT molecular complexity index is 2790. The molecule has 0 aromatic heterocycles. The van der Waals surface area contributed by atoms with Gasteiger partial charge in [0.15, 0.2) is 7.28 Å². The predicted octanol–water partition coefficient (Wildman–Crippen LogP) is 12.3. The second-order valence-electron chi connectivity index (χ2n) is 16.3. The Morgan fingerprint density at radius 1 is 0.554 bits per heavy atom. The number of nitrogens with zero attached hydrogens (tertiary/aromatic N) is 1. The molecular formula is C54H46BN. The molecule has 0 saturated heterocycles. The van der Waals surface area contributed by atoms with Crippen molar-refractivity contribution in [3.05, 3.63) is 208 Å². The lowest BCUT2D eigenvalue weighted by atomic mass is 9.53. The van der Waals surface area contributed by atoms with Crippen LogP contribution in [0.2, 0.25) is 0 Å². The summed E-state index contributed by atoms with van der Waals surface area (Å²) in [6.45, 7) is 11.3. The van der Waals surface area contributed by atoms with Crippen LogP contribution in [0.3, 0.4) is 0 Å². The molecule has 0 radical (unpaired) electrons. The molecule has 0 saturated carbocycles. The number of allylic oxidation sites excluding steroid dienone is 4. The Morgan fingerprint density at radius 3 is 2.07 bits per heavy atom. The monoisotopic (exact) mass is 719 g/mol. The van der Waals surface area contributed by atoms with Crippen molar-refractivity contribution in [1.29, 1.82) is 0 Å². The van der Waals surface area contributed by atoms with E-state index in [1.807, 2.05) is 0 Å². The molecule has 56 heavy (non-hydrogen) atoms. The summed E-state index contributed by atoms with van der Waals surface area (Å²) in [6.07, 6.45) is 9.07. The summed E-state index contributed by atoms with van der Waals surface area (Å²) in [6, 6.07) is 53.2. The molecule has 10 rings (SSSR count). The number of aryl methyl sites for hydroxylation is 4. The average molecular weight is 720 g/mol. The average Bonchev–Trinajstić information content (AvgIpc) is 3.23. The van der Waals surface area contributed by atoms with Crippen LogP contribution in [0, 0.1) is 34.6 Å². The molecule has 7 aromatic rings. The fourth-order valence-electron chi connectivity index (χ4n) is 10.2. The van der Waals surface area contributed by atoms with Gasteiger partial charge in [0, 0.05) is 11.4 Å². The van der Waals surface area contributed by atoms with Crippen molar-refractivity contribution in [3.63, 3.8) is 0 Å². The highest BCUT2D eigenvalue weighted by atomic mass is 15.2. The van der Waals surface area contributed by atoms with Crippen LogP contribution in [-0.4, -0.2) is 7.28 Å². The maximum Gasteiger partial charge on any atom is 0.198 e. The van der Waals surface area contributed by atoms with Crippen molar-refractivity contribution in [3.8, 4) is 33.4 Å². The van der Waals surface area contributed by atoms with E-state index in [-0.39, 0.29) is 0 Å². The number of para-hydroxylation sites is 2. The Kier molecular flexibility index (Phi) is 8.15. The lowest BCUT2D eigenvalue weighted by Crippen LogP contribution is -2.47. The fourth-order valence-corrected chi connectivity index (χ4v) is 10.2. The number of rotatable bonds is 5. The quantitative estimate of drug-likeness (QED) is 0.160. The maximum atomic E-state index is 2.64. The fraction of sp³-hybridized carbons (Fsp3) is 0.148. The molecule has 270 valence electrons. The molecule has 0 bridgehead atoms. The predicted molar refractivity (Wildman–Crippen MR) is 240 cm³/mol. The Balaban J connectivity index is 1.30. The van der Waals surface area contributed by atoms with Crippen LogP contribution in [0.4, 0.5) is 17.1 Å². The molecule has 2 aliphatic heterocycles. The molecular weight excluding hydrogens is 673 g/mol. The molecule has 0 amide bonds. The van der Waals surface area contributed by atoms with Crippen molar-refractivity contribution < 1.29 is 0 Å². The summed E-state index contributed by atoms with van der Waals surface area (Å²) in [7, 11) is 0.858. The summed E-state index contributed by atoms with van der Waals surface area (Å²) in [5, 5.41) is 0. The van der Waals surface area contributed by atoms with E-state index in [2.05, 4.69) is 197 Å². The first kappa shape index (κ1) is 34.4. The molecule has 0 spiro atoms. The third-order valence-electron chi connectivity index (χ3n) is 12.8. The van der Waals surface area contributed by atoms with Gasteiger partial charge < -0.3 is 4.90 Å². The largest absolute Gasteiger partial charge is 0.311 e. The van der Waals surface area contributed by atoms with E-state index in [4.69, 9.17) is 0 Å². The van der Waals surface area contributed by atoms with Gasteiger partial charge in [-0.05, 0) is 143 Å². The molecule has 7 aromatic carbocycles. The molecule has 2 heterocycles. The first-order valence-electron chi connectivity index (χ1n) is 20.2. The van der Waals surface area contributed by atoms with Crippen LogP contribution in [-0.2, 0) is 5.41 Å². The van der Waals surface area contributed by atoms with Gasteiger partial charge in [0.05, 0.1) is 11.1 Å². The van der Waals surface area contributed by atoms with E-state index in [1.54, 1.807) is 0 Å². The summed E-state index contributed by atoms with van der Waals surface area (Å²) in [4.78, 5) is 2.64. The van der Waals surface area contributed by atoms with Crippen molar-refractivity contribution in [1.82, 2.24) is 0 Å². The second kappa shape index (κ2) is 13.3. The minimum atomic E-state index is -0.411. The maximum absolute atomic E-state index is 2.64. The molecule has 1 atom stereocenters. The van der Waals surface area contributed by atoms with Crippen molar-refractivity contribution >= 4 is 35.3 Å². The van der Waals surface area contributed by atoms with E-state index in [0.717, 1.165) is 20.1 Å². The molecule has 1 aliphatic carbocycles. The van der Waals surface area contributed by atoms with E-state index in [9.17, 15) is 0 Å². The minimum absolute atomic E-state index is 0.411. The third-order valence-corrected chi connectivity index (χ3v) is 12.8. The minimum Gasteiger partial charge on any atom is -0.311 e. The zero-order valence-corrected chi connectivity index (χ0v) is 33.1. The normalized spacial score (nSPS) is 16.4. The van der Waals surface area contributed by atoms with Gasteiger partial charge in [-0.15, -0.1) is 0 Å². The van der Waals surface area contributed by atoms with Crippen molar-refractivity contribution in [2.75, 3.05) is 4.90 Å². The van der Waals surface area contributed by atoms with Gasteiger partial charge in [-0.25, -0.2) is 0 Å². The molecule has 3 aliphatic rings. The summed E-state index contributed by atoms with van der Waals surface area (Å²) in [5.74, 6) is 0. The zero-order chi connectivity index (χ0) is 38.1. The summed E-state index contributed by atoms with van der Waals surface area (Å²) < 4.78 is 0. The Hall–Kier alpha value is -6.12. The van der Waals surface area contributed by atoms with Crippen molar-refractivity contribution in [2.45, 2.75) is 52.9 Å². The molecule has 0 fully saturated rings. The lowest BCUT2D eigenvalue weighted by molar-refractivity contribution is 0.668. The standard InChI is InChI=1S/C54H46BN/c1-34-27-28-37(4)43(29-34)44-30-35(2)31-45(38(44)5)46-32-39(42-22-13-12-17-36(42)3)33-51-52(46)55-49-25-16-24-48-53(49)56(51)50-26-15-14-23-47(50)54(48,40-18-8-6-9-19-40)41-20-10-7-11-21-41/h6-10,12-20,22-33,55H,11,21H2,1-5H3. The number of hydrogen-bond acceptors (Lipinski definition) is 1. The van der Waals surface area contributed by atoms with Gasteiger partial charge in [-0.2, -0.15) is 0 Å². The molecule has 2 heteroatoms. The highest BCUT2D eigenvalue weighted by Crippen LogP contribution is 2.59. The van der Waals surface area contributed by atoms with Gasteiger partial charge in [-0.3, -0.25) is 0 Å². The highest BCUT2D eigenvalue weighted by Gasteiger charge is 2.49. The van der Waals surface area contributed by atoms with Crippen LogP contribution >= 0.6 is 0 Å². The molecule has 1 nitrogen and oxygen atoms in total. The van der Waals surface area contributed by atoms with Crippen molar-refractivity contribution in [2.24, 2.45) is 0 Å². The summed E-state index contributed by atoms with van der Waals surface area (Å²) in [5.41, 5.74) is 26.0. The van der Waals surface area contributed by atoms with Crippen LogP contribution in [0.15, 0.2) is 163 Å². The Labute approximate surface area is 333 Å². The van der Waals surface area contributed by atoms with E-state index >= 15 is 0 Å². The topological polar surface area (TPSA) is 3.24 Å². The van der Waals surface area contributed by atoms with Crippen LogP contribution in [0.5, 0.6) is 0 Å². The molecule has 1 unspecified atom stereocenters. The zero-order valence-electron chi connectivity index (χ0n) is 33.1. The van der Waals surface area contributed by atoms with E-state index < -0.39 is 5.41 Å². The highest BCUT2D eigenvalue weighted by molar-refractivity contribution is 6.73.